The molecule has 0 aliphatic rings. The number of hydrogen-bond acceptors (Lipinski definition) is 3. The van der Waals surface area contributed by atoms with Crippen molar-refractivity contribution in [2.24, 2.45) is 5.41 Å². The van der Waals surface area contributed by atoms with Gasteiger partial charge in [-0.25, -0.2) is 0 Å². The molecule has 2 aromatic rings. The van der Waals surface area contributed by atoms with E-state index in [9.17, 15) is 5.11 Å². The van der Waals surface area contributed by atoms with Crippen molar-refractivity contribution in [2.75, 3.05) is 19.0 Å². The topological polar surface area (TPSA) is 41.5 Å². The van der Waals surface area contributed by atoms with Crippen LogP contribution in [0.2, 0.25) is 5.02 Å². The quantitative estimate of drug-likeness (QED) is 0.818. The summed E-state index contributed by atoms with van der Waals surface area (Å²) in [4.78, 5) is 0. The molecule has 1 atom stereocenters. The Bertz CT molecular complexity index is 665. The summed E-state index contributed by atoms with van der Waals surface area (Å²) < 4.78 is 5.36. The smallest absolute Gasteiger partial charge is 0.125 e. The summed E-state index contributed by atoms with van der Waals surface area (Å²) in [7, 11) is 1.60. The van der Waals surface area contributed by atoms with Gasteiger partial charge in [0.1, 0.15) is 11.9 Å². The standard InChI is InChI=1S/C19H24ClNO2/c1-19(2,3)12-21-16-10-9-13(20)11-15(16)18(22)14-7-5-6-8-17(14)23-4/h5-11,18,21-22H,12H2,1-4H3. The number of aliphatic hydroxyl groups excluding tert-OH is 1. The van der Waals surface area contributed by atoms with E-state index in [0.717, 1.165) is 23.4 Å². The predicted molar refractivity (Wildman–Crippen MR) is 96.5 cm³/mol. The van der Waals surface area contributed by atoms with E-state index >= 15 is 0 Å². The molecule has 0 aliphatic carbocycles. The largest absolute Gasteiger partial charge is 0.496 e. The molecule has 0 bridgehead atoms. The molecule has 4 heteroatoms. The van der Waals surface area contributed by atoms with E-state index in [1.165, 1.54) is 0 Å². The highest BCUT2D eigenvalue weighted by Gasteiger charge is 2.20. The second kappa shape index (κ2) is 7.24. The van der Waals surface area contributed by atoms with Gasteiger partial charge in [-0.3, -0.25) is 0 Å². The number of benzene rings is 2. The van der Waals surface area contributed by atoms with Gasteiger partial charge in [0.25, 0.3) is 0 Å². The fourth-order valence-electron chi connectivity index (χ4n) is 2.34. The van der Waals surface area contributed by atoms with E-state index in [-0.39, 0.29) is 5.41 Å². The second-order valence-corrected chi connectivity index (χ2v) is 7.23. The van der Waals surface area contributed by atoms with Crippen LogP contribution in [0.5, 0.6) is 5.75 Å². The van der Waals surface area contributed by atoms with Crippen molar-refractivity contribution < 1.29 is 9.84 Å². The first-order valence-corrected chi connectivity index (χ1v) is 8.04. The van der Waals surface area contributed by atoms with Gasteiger partial charge in [-0.2, -0.15) is 0 Å². The van der Waals surface area contributed by atoms with E-state index in [1.54, 1.807) is 13.2 Å². The molecule has 0 spiro atoms. The number of nitrogens with one attached hydrogen (secondary N) is 1. The van der Waals surface area contributed by atoms with E-state index in [0.29, 0.717) is 10.8 Å². The lowest BCUT2D eigenvalue weighted by molar-refractivity contribution is 0.215. The third-order valence-electron chi connectivity index (χ3n) is 3.55. The molecule has 0 aliphatic heterocycles. The van der Waals surface area contributed by atoms with Crippen LogP contribution in [0.15, 0.2) is 42.5 Å². The van der Waals surface area contributed by atoms with Gasteiger partial charge in [-0.05, 0) is 29.7 Å². The van der Waals surface area contributed by atoms with Gasteiger partial charge >= 0.3 is 0 Å². The molecule has 2 N–H and O–H groups in total. The van der Waals surface area contributed by atoms with Gasteiger partial charge < -0.3 is 15.2 Å². The summed E-state index contributed by atoms with van der Waals surface area (Å²) in [6.07, 6.45) is -0.813. The number of hydrogen-bond donors (Lipinski definition) is 2. The number of ether oxygens (including phenoxy) is 1. The molecule has 0 saturated carbocycles. The Balaban J connectivity index is 2.38. The van der Waals surface area contributed by atoms with E-state index in [4.69, 9.17) is 16.3 Å². The highest BCUT2D eigenvalue weighted by Crippen LogP contribution is 2.35. The minimum absolute atomic E-state index is 0.131. The van der Waals surface area contributed by atoms with Crippen LogP contribution in [0.3, 0.4) is 0 Å². The van der Waals surface area contributed by atoms with Crippen LogP contribution in [0.25, 0.3) is 0 Å². The summed E-state index contributed by atoms with van der Waals surface area (Å²) >= 11 is 6.14. The first-order chi connectivity index (χ1) is 10.8. The minimum Gasteiger partial charge on any atom is -0.496 e. The minimum atomic E-state index is -0.813. The molecule has 0 saturated heterocycles. The summed E-state index contributed by atoms with van der Waals surface area (Å²) in [6.45, 7) is 7.27. The Morgan fingerprint density at radius 1 is 1.13 bits per heavy atom. The van der Waals surface area contributed by atoms with Crippen molar-refractivity contribution in [3.63, 3.8) is 0 Å². The number of para-hydroxylation sites is 1. The number of rotatable bonds is 5. The summed E-state index contributed by atoms with van der Waals surface area (Å²) in [5.74, 6) is 0.654. The van der Waals surface area contributed by atoms with Crippen molar-refractivity contribution in [1.29, 1.82) is 0 Å². The van der Waals surface area contributed by atoms with Gasteiger partial charge in [-0.1, -0.05) is 50.6 Å². The summed E-state index contributed by atoms with van der Waals surface area (Å²) in [5.41, 5.74) is 2.47. The number of halogens is 1. The van der Waals surface area contributed by atoms with Crippen LogP contribution < -0.4 is 10.1 Å². The lowest BCUT2D eigenvalue weighted by Gasteiger charge is -2.23. The highest BCUT2D eigenvalue weighted by atomic mass is 35.5. The van der Waals surface area contributed by atoms with Crippen LogP contribution in [0.1, 0.15) is 38.0 Å². The zero-order valence-corrected chi connectivity index (χ0v) is 14.8. The molecule has 0 heterocycles. The van der Waals surface area contributed by atoms with Gasteiger partial charge in [0, 0.05) is 28.4 Å². The Kier molecular flexibility index (Phi) is 5.55. The Morgan fingerprint density at radius 2 is 1.83 bits per heavy atom. The molecule has 0 fully saturated rings. The number of aliphatic hydroxyl groups is 1. The van der Waals surface area contributed by atoms with Crippen LogP contribution >= 0.6 is 11.6 Å². The van der Waals surface area contributed by atoms with Crippen molar-refractivity contribution >= 4 is 17.3 Å². The van der Waals surface area contributed by atoms with E-state index in [1.807, 2.05) is 36.4 Å². The maximum absolute atomic E-state index is 10.9. The van der Waals surface area contributed by atoms with Gasteiger partial charge in [0.15, 0.2) is 0 Å². The zero-order valence-electron chi connectivity index (χ0n) is 14.1. The van der Waals surface area contributed by atoms with Gasteiger partial charge in [-0.15, -0.1) is 0 Å². The van der Waals surface area contributed by atoms with Crippen LogP contribution in [-0.2, 0) is 0 Å². The van der Waals surface area contributed by atoms with E-state index in [2.05, 4.69) is 26.1 Å². The monoisotopic (exact) mass is 333 g/mol. The Hall–Kier alpha value is -1.71. The lowest BCUT2D eigenvalue weighted by atomic mass is 9.95. The first-order valence-electron chi connectivity index (χ1n) is 7.66. The normalized spacial score (nSPS) is 12.8. The maximum Gasteiger partial charge on any atom is 0.125 e. The van der Waals surface area contributed by atoms with Crippen molar-refractivity contribution in [3.8, 4) is 5.75 Å². The molecule has 0 amide bonds. The molecule has 2 rings (SSSR count). The summed E-state index contributed by atoms with van der Waals surface area (Å²) in [6, 6.07) is 13.0. The molecule has 1 unspecified atom stereocenters. The number of methoxy groups -OCH3 is 1. The predicted octanol–water partition coefficient (Wildman–Crippen LogP) is 4.89. The summed E-state index contributed by atoms with van der Waals surface area (Å²) in [5, 5.41) is 14.9. The van der Waals surface area contributed by atoms with Crippen molar-refractivity contribution in [1.82, 2.24) is 0 Å². The van der Waals surface area contributed by atoms with Gasteiger partial charge in [0.2, 0.25) is 0 Å². The van der Waals surface area contributed by atoms with Crippen molar-refractivity contribution in [3.05, 3.63) is 58.6 Å². The van der Waals surface area contributed by atoms with Crippen LogP contribution in [0, 0.1) is 5.41 Å². The highest BCUT2D eigenvalue weighted by molar-refractivity contribution is 6.30. The maximum atomic E-state index is 10.9. The molecule has 23 heavy (non-hydrogen) atoms. The van der Waals surface area contributed by atoms with E-state index < -0.39 is 6.10 Å². The third kappa shape index (κ3) is 4.63. The molecular formula is C19H24ClNO2. The van der Waals surface area contributed by atoms with Crippen LogP contribution in [-0.4, -0.2) is 18.8 Å². The first kappa shape index (κ1) is 17.6. The second-order valence-electron chi connectivity index (χ2n) is 6.79. The number of anilines is 1. The van der Waals surface area contributed by atoms with Crippen LogP contribution in [0.4, 0.5) is 5.69 Å². The molecule has 2 aromatic carbocycles. The van der Waals surface area contributed by atoms with Crippen molar-refractivity contribution in [2.45, 2.75) is 26.9 Å². The lowest BCUT2D eigenvalue weighted by Crippen LogP contribution is -2.20. The molecular weight excluding hydrogens is 310 g/mol. The Morgan fingerprint density at radius 3 is 2.48 bits per heavy atom. The molecule has 124 valence electrons. The fraction of sp³-hybridized carbons (Fsp3) is 0.368. The fourth-order valence-corrected chi connectivity index (χ4v) is 2.52. The average Bonchev–Trinajstić information content (AvgIpc) is 2.52. The SMILES string of the molecule is COc1ccccc1C(O)c1cc(Cl)ccc1NCC(C)(C)C. The molecule has 3 nitrogen and oxygen atoms in total. The van der Waals surface area contributed by atoms with Gasteiger partial charge in [0.05, 0.1) is 7.11 Å². The molecule has 0 aromatic heterocycles. The Labute approximate surface area is 143 Å². The average molecular weight is 334 g/mol. The molecule has 0 radical (unpaired) electrons. The third-order valence-corrected chi connectivity index (χ3v) is 3.79. The zero-order chi connectivity index (χ0) is 17.0.